The topological polar surface area (TPSA) is 29.1 Å². The van der Waals surface area contributed by atoms with Crippen LogP contribution in [0.2, 0.25) is 0 Å². The molecule has 0 aliphatic carbocycles. The summed E-state index contributed by atoms with van der Waals surface area (Å²) in [5.74, 6) is -0.324. The van der Waals surface area contributed by atoms with Gasteiger partial charge in [0.25, 0.3) is 0 Å². The van der Waals surface area contributed by atoms with Crippen molar-refractivity contribution < 1.29 is 9.84 Å². The van der Waals surface area contributed by atoms with E-state index in [0.29, 0.717) is 0 Å². The third-order valence-electron chi connectivity index (χ3n) is 0.717. The zero-order chi connectivity index (χ0) is 5.82. The highest BCUT2D eigenvalue weighted by atomic mass is 16.6. The molecule has 1 aliphatic rings. The van der Waals surface area contributed by atoms with Crippen LogP contribution < -0.4 is 0 Å². The fourth-order valence-electron chi connectivity index (χ4n) is 0.389. The van der Waals surface area contributed by atoms with Gasteiger partial charge in [-0.2, -0.15) is 0 Å². The molecule has 0 saturated carbocycles. The van der Waals surface area contributed by atoms with Crippen LogP contribution in [0, 0.1) is 0 Å². The molecular weight excluding hydrogens is 104 g/mol. The first-order valence-corrected chi connectivity index (χ1v) is 2.27. The Balaban J connectivity index is 2.69. The Bertz CT molecular complexity index is 154. The van der Waals surface area contributed by atoms with Crippen molar-refractivity contribution in [1.82, 2.24) is 0 Å². The first kappa shape index (κ1) is 4.97. The number of hydrogen-bond donors (Lipinski definition) is 0. The van der Waals surface area contributed by atoms with Crippen molar-refractivity contribution in [3.63, 3.8) is 0 Å². The molecule has 0 atom stereocenters. The Morgan fingerprint density at radius 2 is 2.12 bits per heavy atom. The molecule has 8 heavy (non-hydrogen) atoms. The second-order valence-corrected chi connectivity index (χ2v) is 1.32. The Hall–Kier alpha value is -1.18. The van der Waals surface area contributed by atoms with E-state index in [2.05, 4.69) is 4.74 Å². The van der Waals surface area contributed by atoms with Gasteiger partial charge in [0, 0.05) is 6.08 Å². The third-order valence-corrected chi connectivity index (χ3v) is 0.717. The molecule has 0 aromatic carbocycles. The summed E-state index contributed by atoms with van der Waals surface area (Å²) in [5, 5.41) is 10.3. The fourth-order valence-corrected chi connectivity index (χ4v) is 0.389. The summed E-state index contributed by atoms with van der Waals surface area (Å²) in [4.78, 5) is 0. The molecule has 2 nitrogen and oxygen atoms in total. The maximum Gasteiger partial charge on any atom is 0.335 e. The standard InChI is InChI=1S/C6H5O2/c7-6-4-2-1-3-5-8-6/h1-5H. The third kappa shape index (κ3) is 1.15. The minimum Gasteiger partial charge on any atom is -0.431 e. The van der Waals surface area contributed by atoms with Gasteiger partial charge in [-0.05, 0) is 6.08 Å². The largest absolute Gasteiger partial charge is 0.431 e. The van der Waals surface area contributed by atoms with Crippen LogP contribution in [-0.4, -0.2) is 0 Å². The molecular formula is C6H5O2. The van der Waals surface area contributed by atoms with Crippen molar-refractivity contribution >= 4 is 0 Å². The molecule has 0 unspecified atom stereocenters. The number of rotatable bonds is 0. The highest BCUT2D eigenvalue weighted by Gasteiger charge is 1.89. The highest BCUT2D eigenvalue weighted by molar-refractivity contribution is 5.13. The summed E-state index contributed by atoms with van der Waals surface area (Å²) < 4.78 is 4.47. The van der Waals surface area contributed by atoms with Gasteiger partial charge in [-0.15, -0.1) is 0 Å². The zero-order valence-corrected chi connectivity index (χ0v) is 4.20. The van der Waals surface area contributed by atoms with Crippen LogP contribution in [0.25, 0.3) is 0 Å². The van der Waals surface area contributed by atoms with E-state index in [1.807, 2.05) is 0 Å². The molecule has 2 heteroatoms. The lowest BCUT2D eigenvalue weighted by molar-refractivity contribution is 0.112. The average molecular weight is 109 g/mol. The summed E-state index contributed by atoms with van der Waals surface area (Å²) in [5.41, 5.74) is 0. The van der Waals surface area contributed by atoms with E-state index in [1.165, 1.54) is 12.3 Å². The summed E-state index contributed by atoms with van der Waals surface area (Å²) in [6, 6.07) is 0. The minimum absolute atomic E-state index is 0.324. The lowest BCUT2D eigenvalue weighted by Crippen LogP contribution is -1.75. The molecule has 1 aliphatic heterocycles. The van der Waals surface area contributed by atoms with Gasteiger partial charge in [-0.25, -0.2) is 5.11 Å². The van der Waals surface area contributed by atoms with Gasteiger partial charge in [0.2, 0.25) is 0 Å². The fraction of sp³-hybridized carbons (Fsp3) is 0. The minimum atomic E-state index is -0.324. The summed E-state index contributed by atoms with van der Waals surface area (Å²) in [7, 11) is 0. The normalized spacial score (nSPS) is 16.8. The van der Waals surface area contributed by atoms with Crippen molar-refractivity contribution in [3.8, 4) is 0 Å². The van der Waals surface area contributed by atoms with E-state index in [-0.39, 0.29) is 5.95 Å². The van der Waals surface area contributed by atoms with E-state index in [9.17, 15) is 5.11 Å². The number of hydrogen-bond acceptors (Lipinski definition) is 1. The molecule has 0 spiro atoms. The molecule has 0 aromatic rings. The van der Waals surface area contributed by atoms with Crippen molar-refractivity contribution in [1.29, 1.82) is 0 Å². The smallest absolute Gasteiger partial charge is 0.335 e. The van der Waals surface area contributed by atoms with Crippen LogP contribution in [0.5, 0.6) is 0 Å². The van der Waals surface area contributed by atoms with Gasteiger partial charge in [0.05, 0.1) is 6.26 Å². The van der Waals surface area contributed by atoms with Gasteiger partial charge in [0.15, 0.2) is 0 Å². The Morgan fingerprint density at radius 3 is 3.00 bits per heavy atom. The molecule has 0 fully saturated rings. The van der Waals surface area contributed by atoms with Crippen molar-refractivity contribution in [2.75, 3.05) is 0 Å². The first-order chi connectivity index (χ1) is 3.89. The maximum atomic E-state index is 10.3. The molecule has 0 saturated heterocycles. The van der Waals surface area contributed by atoms with Crippen molar-refractivity contribution in [2.45, 2.75) is 0 Å². The number of allylic oxidation sites excluding steroid dienone is 4. The Kier molecular flexibility index (Phi) is 1.37. The van der Waals surface area contributed by atoms with Crippen LogP contribution in [-0.2, 0) is 9.84 Å². The monoisotopic (exact) mass is 109 g/mol. The predicted octanol–water partition coefficient (Wildman–Crippen LogP) is 1.36. The van der Waals surface area contributed by atoms with Gasteiger partial charge in [-0.3, -0.25) is 0 Å². The van der Waals surface area contributed by atoms with E-state index >= 15 is 0 Å². The highest BCUT2D eigenvalue weighted by Crippen LogP contribution is 1.97. The van der Waals surface area contributed by atoms with E-state index in [0.717, 1.165) is 0 Å². The molecule has 41 valence electrons. The SMILES string of the molecule is [O]C1=CC=CC=CO1. The molecule has 1 rings (SSSR count). The molecule has 0 amide bonds. The van der Waals surface area contributed by atoms with Crippen molar-refractivity contribution in [2.24, 2.45) is 0 Å². The summed E-state index contributed by atoms with van der Waals surface area (Å²) in [6.07, 6.45) is 7.72. The van der Waals surface area contributed by atoms with Crippen LogP contribution >= 0.6 is 0 Å². The van der Waals surface area contributed by atoms with Gasteiger partial charge >= 0.3 is 5.95 Å². The van der Waals surface area contributed by atoms with E-state index < -0.39 is 0 Å². The van der Waals surface area contributed by atoms with Crippen LogP contribution in [0.15, 0.2) is 36.5 Å². The summed E-state index contributed by atoms with van der Waals surface area (Å²) in [6.45, 7) is 0. The van der Waals surface area contributed by atoms with Crippen molar-refractivity contribution in [3.05, 3.63) is 36.5 Å². The van der Waals surface area contributed by atoms with E-state index in [4.69, 9.17) is 0 Å². The van der Waals surface area contributed by atoms with E-state index in [1.54, 1.807) is 18.2 Å². The lowest BCUT2D eigenvalue weighted by atomic mass is 10.5. The predicted molar refractivity (Wildman–Crippen MR) is 28.1 cm³/mol. The van der Waals surface area contributed by atoms with Crippen LogP contribution in [0.3, 0.4) is 0 Å². The van der Waals surface area contributed by atoms with Crippen LogP contribution in [0.4, 0.5) is 0 Å². The van der Waals surface area contributed by atoms with Gasteiger partial charge in [-0.1, -0.05) is 12.2 Å². The zero-order valence-electron chi connectivity index (χ0n) is 4.20. The molecule has 1 radical (unpaired) electrons. The average Bonchev–Trinajstić information content (AvgIpc) is 1.94. The van der Waals surface area contributed by atoms with Gasteiger partial charge in [0.1, 0.15) is 0 Å². The van der Waals surface area contributed by atoms with Gasteiger partial charge < -0.3 is 4.74 Å². The number of ether oxygens (including phenoxy) is 1. The molecule has 0 N–H and O–H groups in total. The second-order valence-electron chi connectivity index (χ2n) is 1.32. The Morgan fingerprint density at radius 1 is 1.25 bits per heavy atom. The maximum absolute atomic E-state index is 10.3. The van der Waals surface area contributed by atoms with Crippen LogP contribution in [0.1, 0.15) is 0 Å². The quantitative estimate of drug-likeness (QED) is 0.461. The second kappa shape index (κ2) is 2.21. The molecule has 1 heterocycles. The summed E-state index contributed by atoms with van der Waals surface area (Å²) >= 11 is 0. The molecule has 0 aromatic heterocycles. The lowest BCUT2D eigenvalue weighted by Gasteiger charge is -1.86. The molecule has 0 bridgehead atoms. The first-order valence-electron chi connectivity index (χ1n) is 2.27. The Labute approximate surface area is 47.4 Å².